The van der Waals surface area contributed by atoms with Gasteiger partial charge < -0.3 is 14.9 Å². The highest BCUT2D eigenvalue weighted by atomic mass is 19.4. The number of aromatic nitrogens is 1. The van der Waals surface area contributed by atoms with Crippen LogP contribution in [0.4, 0.5) is 26.3 Å². The second-order valence-electron chi connectivity index (χ2n) is 6.49. The number of hydrogen-bond acceptors (Lipinski definition) is 4. The average Bonchev–Trinajstić information content (AvgIpc) is 3.02. The van der Waals surface area contributed by atoms with Gasteiger partial charge in [-0.2, -0.15) is 26.3 Å². The Morgan fingerprint density at radius 1 is 1.18 bits per heavy atom. The minimum Gasteiger partial charge on any atom is -0.382 e. The summed E-state index contributed by atoms with van der Waals surface area (Å²) in [5, 5.41) is 10.4. The summed E-state index contributed by atoms with van der Waals surface area (Å²) in [5.74, 6) is 0. The second-order valence-corrected chi connectivity index (χ2v) is 6.49. The number of aliphatic hydroxyl groups excluding tert-OH is 1. The van der Waals surface area contributed by atoms with Crippen LogP contribution in [0.3, 0.4) is 0 Å². The van der Waals surface area contributed by atoms with Gasteiger partial charge in [-0.3, -0.25) is 4.79 Å². The molecular formula is C17H16F6N2O3. The molecule has 0 unspecified atom stereocenters. The molecule has 1 aliphatic rings. The highest BCUT2D eigenvalue weighted by Gasteiger charge is 2.50. The fraction of sp³-hybridized carbons (Fsp3) is 0.471. The van der Waals surface area contributed by atoms with Crippen LogP contribution in [-0.4, -0.2) is 47.9 Å². The quantitative estimate of drug-likeness (QED) is 0.791. The molecule has 28 heavy (non-hydrogen) atoms. The standard InChI is InChI=1S/C17H16F6N2O3/c1-28-9-6-13(15(27)17(21,22)23)24(8-9)25-12-5-3-2-4-10(12)11(7-14(25)26)16(18,19)20/h2-5,7,9,13,15,27H,6,8H2,1H3/t9-,13+,15+/m0/s1. The number of rotatable bonds is 3. The van der Waals surface area contributed by atoms with Crippen molar-refractivity contribution in [1.82, 2.24) is 4.68 Å². The molecule has 3 atom stereocenters. The molecule has 2 aromatic rings. The Hall–Kier alpha value is -2.27. The van der Waals surface area contributed by atoms with Crippen molar-refractivity contribution < 1.29 is 36.2 Å². The largest absolute Gasteiger partial charge is 0.417 e. The first-order valence-corrected chi connectivity index (χ1v) is 8.21. The zero-order chi connectivity index (χ0) is 20.9. The summed E-state index contributed by atoms with van der Waals surface area (Å²) in [4.78, 5) is 12.5. The summed E-state index contributed by atoms with van der Waals surface area (Å²) in [6, 6.07) is 3.80. The molecule has 1 aromatic carbocycles. The van der Waals surface area contributed by atoms with Crippen molar-refractivity contribution in [3.63, 3.8) is 0 Å². The number of fused-ring (bicyclic) bond motifs is 1. The Morgan fingerprint density at radius 3 is 2.39 bits per heavy atom. The van der Waals surface area contributed by atoms with E-state index in [1.807, 2.05) is 0 Å². The molecule has 0 spiro atoms. The van der Waals surface area contributed by atoms with E-state index in [9.17, 15) is 36.2 Å². The van der Waals surface area contributed by atoms with Crippen molar-refractivity contribution in [2.45, 2.75) is 37.0 Å². The summed E-state index contributed by atoms with van der Waals surface area (Å²) >= 11 is 0. The van der Waals surface area contributed by atoms with E-state index in [0.29, 0.717) is 6.07 Å². The molecule has 5 nitrogen and oxygen atoms in total. The highest BCUT2D eigenvalue weighted by molar-refractivity contribution is 5.83. The van der Waals surface area contributed by atoms with E-state index in [0.717, 1.165) is 15.8 Å². The first-order chi connectivity index (χ1) is 12.9. The lowest BCUT2D eigenvalue weighted by atomic mass is 10.1. The number of nitrogens with zero attached hydrogens (tertiary/aromatic N) is 2. The monoisotopic (exact) mass is 410 g/mol. The van der Waals surface area contributed by atoms with Gasteiger partial charge in [0.15, 0.2) is 6.10 Å². The van der Waals surface area contributed by atoms with Gasteiger partial charge in [-0.05, 0) is 6.07 Å². The lowest BCUT2D eigenvalue weighted by molar-refractivity contribution is -0.210. The van der Waals surface area contributed by atoms with E-state index in [4.69, 9.17) is 4.74 Å². The summed E-state index contributed by atoms with van der Waals surface area (Å²) in [5.41, 5.74) is -2.54. The van der Waals surface area contributed by atoms with Crippen LogP contribution in [0.1, 0.15) is 12.0 Å². The van der Waals surface area contributed by atoms with Crippen LogP contribution in [0, 0.1) is 0 Å². The number of aliphatic hydroxyl groups is 1. The van der Waals surface area contributed by atoms with E-state index in [2.05, 4.69) is 0 Å². The van der Waals surface area contributed by atoms with E-state index in [-0.39, 0.29) is 23.9 Å². The van der Waals surface area contributed by atoms with Gasteiger partial charge in [-0.15, -0.1) is 0 Å². The van der Waals surface area contributed by atoms with E-state index in [1.165, 1.54) is 25.3 Å². The zero-order valence-corrected chi connectivity index (χ0v) is 14.5. The van der Waals surface area contributed by atoms with Gasteiger partial charge in [-0.25, -0.2) is 4.68 Å². The van der Waals surface area contributed by atoms with Crippen molar-refractivity contribution >= 4 is 10.9 Å². The molecule has 0 radical (unpaired) electrons. The number of hydrogen-bond donors (Lipinski definition) is 1. The summed E-state index contributed by atoms with van der Waals surface area (Å²) in [6.07, 6.45) is -13.6. The van der Waals surface area contributed by atoms with E-state index < -0.39 is 41.7 Å². The predicted molar refractivity (Wildman–Crippen MR) is 87.6 cm³/mol. The number of pyridine rings is 1. The number of halogens is 6. The predicted octanol–water partition coefficient (Wildman–Crippen LogP) is 2.67. The van der Waals surface area contributed by atoms with E-state index >= 15 is 0 Å². The molecule has 1 saturated heterocycles. The Labute approximate surface area is 154 Å². The minimum absolute atomic E-state index is 0.205. The molecule has 0 aliphatic carbocycles. The Morgan fingerprint density at radius 2 is 1.82 bits per heavy atom. The number of ether oxygens (including phenoxy) is 1. The maximum absolute atomic E-state index is 13.3. The average molecular weight is 410 g/mol. The first-order valence-electron chi connectivity index (χ1n) is 8.21. The van der Waals surface area contributed by atoms with Crippen molar-refractivity contribution in [3.05, 3.63) is 46.2 Å². The molecule has 154 valence electrons. The summed E-state index contributed by atoms with van der Waals surface area (Å²) < 4.78 is 85.1. The van der Waals surface area contributed by atoms with Crippen LogP contribution in [0.15, 0.2) is 35.1 Å². The van der Waals surface area contributed by atoms with Gasteiger partial charge in [0.1, 0.15) is 0 Å². The lowest BCUT2D eigenvalue weighted by Crippen LogP contribution is -2.54. The third-order valence-electron chi connectivity index (χ3n) is 4.77. The van der Waals surface area contributed by atoms with Crippen molar-refractivity contribution in [1.29, 1.82) is 0 Å². The molecular weight excluding hydrogens is 394 g/mol. The van der Waals surface area contributed by atoms with Crippen LogP contribution in [0.2, 0.25) is 0 Å². The fourth-order valence-electron chi connectivity index (χ4n) is 3.49. The molecule has 0 bridgehead atoms. The van der Waals surface area contributed by atoms with Crippen LogP contribution >= 0.6 is 0 Å². The van der Waals surface area contributed by atoms with Gasteiger partial charge >= 0.3 is 12.4 Å². The lowest BCUT2D eigenvalue weighted by Gasteiger charge is -2.33. The van der Waals surface area contributed by atoms with Crippen LogP contribution in [0.5, 0.6) is 0 Å². The van der Waals surface area contributed by atoms with Gasteiger partial charge in [0.2, 0.25) is 0 Å². The molecule has 2 heterocycles. The van der Waals surface area contributed by atoms with Crippen molar-refractivity contribution in [2.75, 3.05) is 18.7 Å². The van der Waals surface area contributed by atoms with Gasteiger partial charge in [0.05, 0.1) is 29.8 Å². The van der Waals surface area contributed by atoms with Crippen molar-refractivity contribution in [3.8, 4) is 0 Å². The number of alkyl halides is 6. The zero-order valence-electron chi connectivity index (χ0n) is 14.5. The van der Waals surface area contributed by atoms with Crippen LogP contribution in [0.25, 0.3) is 10.9 Å². The molecule has 1 N–H and O–H groups in total. The molecule has 1 fully saturated rings. The summed E-state index contributed by atoms with van der Waals surface area (Å²) in [6.45, 7) is -0.205. The van der Waals surface area contributed by atoms with Gasteiger partial charge in [0.25, 0.3) is 5.56 Å². The smallest absolute Gasteiger partial charge is 0.382 e. The normalized spacial score (nSPS) is 22.1. The molecule has 1 aromatic heterocycles. The van der Waals surface area contributed by atoms with Gasteiger partial charge in [-0.1, -0.05) is 18.2 Å². The molecule has 0 saturated carbocycles. The van der Waals surface area contributed by atoms with E-state index in [1.54, 1.807) is 0 Å². The molecule has 0 amide bonds. The Bertz CT molecular complexity index is 924. The minimum atomic E-state index is -4.98. The topological polar surface area (TPSA) is 54.7 Å². The Balaban J connectivity index is 2.22. The maximum atomic E-state index is 13.3. The SMILES string of the molecule is CO[C@H]1C[C@H]([C@@H](O)C(F)(F)F)N(n2c(=O)cc(C(F)(F)F)c3ccccc32)C1. The highest BCUT2D eigenvalue weighted by Crippen LogP contribution is 2.35. The van der Waals surface area contributed by atoms with Crippen LogP contribution in [-0.2, 0) is 10.9 Å². The fourth-order valence-corrected chi connectivity index (χ4v) is 3.49. The Kier molecular flexibility index (Phi) is 5.09. The van der Waals surface area contributed by atoms with Gasteiger partial charge in [0, 0.05) is 25.0 Å². The molecule has 1 aliphatic heterocycles. The van der Waals surface area contributed by atoms with Crippen molar-refractivity contribution in [2.24, 2.45) is 0 Å². The first kappa shape index (κ1) is 20.5. The maximum Gasteiger partial charge on any atom is 0.417 e. The number of methoxy groups -OCH3 is 1. The number of benzene rings is 1. The molecule has 3 rings (SSSR count). The number of para-hydroxylation sites is 1. The molecule has 11 heteroatoms. The van der Waals surface area contributed by atoms with Crippen LogP contribution < -0.4 is 10.6 Å². The third-order valence-corrected chi connectivity index (χ3v) is 4.77. The summed E-state index contributed by atoms with van der Waals surface area (Å²) in [7, 11) is 1.26. The second kappa shape index (κ2) is 6.96. The third kappa shape index (κ3) is 3.55.